The van der Waals surface area contributed by atoms with Gasteiger partial charge in [-0.2, -0.15) is 0 Å². The maximum absolute atomic E-state index is 12.9. The van der Waals surface area contributed by atoms with Gasteiger partial charge in [0.25, 0.3) is 0 Å². The first-order valence-corrected chi connectivity index (χ1v) is 10.6. The zero-order valence-electron chi connectivity index (χ0n) is 14.5. The molecule has 1 aliphatic heterocycles. The molecule has 0 aromatic heterocycles. The molecule has 0 spiro atoms. The third-order valence-electron chi connectivity index (χ3n) is 4.48. The molecule has 2 aromatic rings. The van der Waals surface area contributed by atoms with Crippen molar-refractivity contribution < 1.29 is 13.2 Å². The molecule has 1 saturated heterocycles. The average Bonchev–Trinajstić information content (AvgIpc) is 2.96. The second-order valence-corrected chi connectivity index (χ2v) is 9.27. The standard InChI is InChI=1S/C19H21ClN2O3S/c1-14-2-4-15(5-3-14)12-22(18-10-11-26(24,25)13-18)19(23)21-17-8-6-16(20)7-9-17/h2-9,18H,10-13H2,1H3,(H,21,23). The molecule has 1 heterocycles. The normalized spacial score (nSPS) is 18.5. The van der Waals surface area contributed by atoms with Crippen LogP contribution in [0.5, 0.6) is 0 Å². The Morgan fingerprint density at radius 2 is 1.81 bits per heavy atom. The summed E-state index contributed by atoms with van der Waals surface area (Å²) < 4.78 is 23.8. The van der Waals surface area contributed by atoms with E-state index >= 15 is 0 Å². The highest BCUT2D eigenvalue weighted by molar-refractivity contribution is 7.91. The first-order valence-electron chi connectivity index (χ1n) is 8.41. The summed E-state index contributed by atoms with van der Waals surface area (Å²) in [5, 5.41) is 3.42. The second-order valence-electron chi connectivity index (χ2n) is 6.61. The number of benzene rings is 2. The topological polar surface area (TPSA) is 66.5 Å². The number of rotatable bonds is 4. The quantitative estimate of drug-likeness (QED) is 0.858. The third-order valence-corrected chi connectivity index (χ3v) is 6.48. The summed E-state index contributed by atoms with van der Waals surface area (Å²) in [4.78, 5) is 14.5. The van der Waals surface area contributed by atoms with E-state index in [2.05, 4.69) is 5.32 Å². The lowest BCUT2D eigenvalue weighted by molar-refractivity contribution is 0.190. The average molecular weight is 393 g/mol. The van der Waals surface area contributed by atoms with Crippen LogP contribution in [-0.2, 0) is 16.4 Å². The summed E-state index contributed by atoms with van der Waals surface area (Å²) in [6, 6.07) is 14.1. The van der Waals surface area contributed by atoms with Crippen molar-refractivity contribution in [3.8, 4) is 0 Å². The lowest BCUT2D eigenvalue weighted by Crippen LogP contribution is -2.43. The molecule has 2 aromatic carbocycles. The Hall–Kier alpha value is -2.05. The fourth-order valence-electron chi connectivity index (χ4n) is 3.01. The van der Waals surface area contributed by atoms with Gasteiger partial charge < -0.3 is 10.2 Å². The Balaban J connectivity index is 1.80. The molecule has 5 nitrogen and oxygen atoms in total. The molecule has 26 heavy (non-hydrogen) atoms. The summed E-state index contributed by atoms with van der Waals surface area (Å²) in [6.07, 6.45) is 0.461. The van der Waals surface area contributed by atoms with Crippen LogP contribution in [-0.4, -0.2) is 36.9 Å². The van der Waals surface area contributed by atoms with Gasteiger partial charge in [0, 0.05) is 23.3 Å². The molecule has 7 heteroatoms. The van der Waals surface area contributed by atoms with Crippen LogP contribution in [0.4, 0.5) is 10.5 Å². The van der Waals surface area contributed by atoms with Crippen LogP contribution < -0.4 is 5.32 Å². The molecule has 1 unspecified atom stereocenters. The van der Waals surface area contributed by atoms with Gasteiger partial charge in [0.15, 0.2) is 9.84 Å². The largest absolute Gasteiger partial charge is 0.322 e. The number of aryl methyl sites for hydroxylation is 1. The van der Waals surface area contributed by atoms with E-state index in [4.69, 9.17) is 11.6 Å². The molecule has 0 saturated carbocycles. The fraction of sp³-hybridized carbons (Fsp3) is 0.316. The molecule has 3 rings (SSSR count). The third kappa shape index (κ3) is 4.77. The van der Waals surface area contributed by atoms with Crippen LogP contribution >= 0.6 is 11.6 Å². The number of carbonyl (C=O) groups excluding carboxylic acids is 1. The van der Waals surface area contributed by atoms with Crippen LogP contribution in [0.3, 0.4) is 0 Å². The number of amides is 2. The van der Waals surface area contributed by atoms with Crippen molar-refractivity contribution in [1.82, 2.24) is 4.90 Å². The Morgan fingerprint density at radius 3 is 2.38 bits per heavy atom. The zero-order valence-corrected chi connectivity index (χ0v) is 16.1. The number of anilines is 1. The molecule has 138 valence electrons. The van der Waals surface area contributed by atoms with E-state index in [0.29, 0.717) is 23.7 Å². The Labute approximate surface area is 158 Å². The number of sulfone groups is 1. The molecule has 2 amide bonds. The van der Waals surface area contributed by atoms with Crippen molar-refractivity contribution in [3.05, 3.63) is 64.7 Å². The number of nitrogens with one attached hydrogen (secondary N) is 1. The summed E-state index contributed by atoms with van der Waals surface area (Å²) in [5.74, 6) is 0.128. The first-order chi connectivity index (χ1) is 12.3. The van der Waals surface area contributed by atoms with Gasteiger partial charge in [-0.15, -0.1) is 0 Å². The van der Waals surface area contributed by atoms with Gasteiger partial charge in [0.1, 0.15) is 0 Å². The lowest BCUT2D eigenvalue weighted by atomic mass is 10.1. The van der Waals surface area contributed by atoms with Gasteiger partial charge in [-0.05, 0) is 43.2 Å². The smallest absolute Gasteiger partial charge is 0.316 e. The molecular weight excluding hydrogens is 372 g/mol. The van der Waals surface area contributed by atoms with E-state index in [1.165, 1.54) is 0 Å². The van der Waals surface area contributed by atoms with E-state index in [-0.39, 0.29) is 23.6 Å². The van der Waals surface area contributed by atoms with Gasteiger partial charge in [0.2, 0.25) is 0 Å². The van der Waals surface area contributed by atoms with Crippen LogP contribution in [0.1, 0.15) is 17.5 Å². The number of hydrogen-bond acceptors (Lipinski definition) is 3. The number of urea groups is 1. The van der Waals surface area contributed by atoms with E-state index in [0.717, 1.165) is 11.1 Å². The van der Waals surface area contributed by atoms with Crippen LogP contribution in [0.2, 0.25) is 5.02 Å². The highest BCUT2D eigenvalue weighted by atomic mass is 35.5. The van der Waals surface area contributed by atoms with E-state index in [9.17, 15) is 13.2 Å². The number of nitrogens with zero attached hydrogens (tertiary/aromatic N) is 1. The Bertz CT molecular complexity index is 880. The zero-order chi connectivity index (χ0) is 18.7. The monoisotopic (exact) mass is 392 g/mol. The molecule has 1 N–H and O–H groups in total. The Kier molecular flexibility index (Phi) is 5.53. The minimum absolute atomic E-state index is 0.00684. The van der Waals surface area contributed by atoms with E-state index in [1.54, 1.807) is 29.2 Å². The Morgan fingerprint density at radius 1 is 1.15 bits per heavy atom. The first kappa shape index (κ1) is 18.7. The van der Waals surface area contributed by atoms with Crippen molar-refractivity contribution in [2.24, 2.45) is 0 Å². The molecular formula is C19H21ClN2O3S. The summed E-state index contributed by atoms with van der Waals surface area (Å²) in [6.45, 7) is 2.36. The summed E-state index contributed by atoms with van der Waals surface area (Å²) in [7, 11) is -3.09. The fourth-order valence-corrected chi connectivity index (χ4v) is 4.86. The molecule has 0 aliphatic carbocycles. The van der Waals surface area contributed by atoms with Gasteiger partial charge >= 0.3 is 6.03 Å². The second kappa shape index (κ2) is 7.68. The van der Waals surface area contributed by atoms with Gasteiger partial charge in [0.05, 0.1) is 11.5 Å². The van der Waals surface area contributed by atoms with Gasteiger partial charge in [-0.1, -0.05) is 41.4 Å². The molecule has 1 aliphatic rings. The van der Waals surface area contributed by atoms with Crippen LogP contribution in [0.15, 0.2) is 48.5 Å². The minimum Gasteiger partial charge on any atom is -0.316 e. The van der Waals surface area contributed by atoms with E-state index < -0.39 is 9.84 Å². The predicted molar refractivity (Wildman–Crippen MR) is 104 cm³/mol. The molecule has 0 radical (unpaired) electrons. The summed E-state index contributed by atoms with van der Waals surface area (Å²) >= 11 is 5.88. The molecule has 1 atom stereocenters. The number of halogens is 1. The van der Waals surface area contributed by atoms with Crippen molar-refractivity contribution in [2.75, 3.05) is 16.8 Å². The van der Waals surface area contributed by atoms with Crippen LogP contribution in [0.25, 0.3) is 0 Å². The maximum atomic E-state index is 12.9. The maximum Gasteiger partial charge on any atom is 0.322 e. The van der Waals surface area contributed by atoms with Crippen molar-refractivity contribution in [1.29, 1.82) is 0 Å². The molecule has 1 fully saturated rings. The predicted octanol–water partition coefficient (Wildman–Crippen LogP) is 3.87. The number of hydrogen-bond donors (Lipinski definition) is 1. The number of carbonyl (C=O) groups is 1. The van der Waals surface area contributed by atoms with Crippen LogP contribution in [0, 0.1) is 6.92 Å². The molecule has 0 bridgehead atoms. The highest BCUT2D eigenvalue weighted by Gasteiger charge is 2.34. The highest BCUT2D eigenvalue weighted by Crippen LogP contribution is 2.22. The van der Waals surface area contributed by atoms with Gasteiger partial charge in [-0.3, -0.25) is 0 Å². The summed E-state index contributed by atoms with van der Waals surface area (Å²) in [5.41, 5.74) is 2.72. The van der Waals surface area contributed by atoms with Gasteiger partial charge in [-0.25, -0.2) is 13.2 Å². The lowest BCUT2D eigenvalue weighted by Gasteiger charge is -2.28. The van der Waals surface area contributed by atoms with Crippen molar-refractivity contribution in [2.45, 2.75) is 25.9 Å². The van der Waals surface area contributed by atoms with Crippen molar-refractivity contribution >= 4 is 33.2 Å². The SMILES string of the molecule is Cc1ccc(CN(C(=O)Nc2ccc(Cl)cc2)C2CCS(=O)(=O)C2)cc1. The minimum atomic E-state index is -3.09. The van der Waals surface area contributed by atoms with Crippen molar-refractivity contribution in [3.63, 3.8) is 0 Å². The van der Waals surface area contributed by atoms with E-state index in [1.807, 2.05) is 31.2 Å².